The van der Waals surface area contributed by atoms with E-state index in [1.54, 1.807) is 7.11 Å². The molecule has 0 spiro atoms. The van der Waals surface area contributed by atoms with Gasteiger partial charge in [-0.15, -0.1) is 0 Å². The van der Waals surface area contributed by atoms with Gasteiger partial charge < -0.3 is 19.4 Å². The van der Waals surface area contributed by atoms with Crippen LogP contribution in [0, 0.1) is 0 Å². The van der Waals surface area contributed by atoms with E-state index in [2.05, 4.69) is 9.88 Å². The third-order valence-corrected chi connectivity index (χ3v) is 4.11. The molecule has 118 valence electrons. The van der Waals surface area contributed by atoms with Gasteiger partial charge in [-0.3, -0.25) is 4.79 Å². The van der Waals surface area contributed by atoms with Crippen molar-refractivity contribution in [2.75, 3.05) is 26.9 Å². The zero-order chi connectivity index (χ0) is 15.4. The standard InChI is InChI=1S/C17H22N2O3/c1-21-11-9-19-8-7-14-15(5-2-6-16(14)19)17(20)18-12-13-4-3-10-22-13/h2,5-8,13H,3-4,9-12H2,1H3,(H,18,20)/t13-/m0/s1. The highest BCUT2D eigenvalue weighted by molar-refractivity contribution is 6.06. The maximum atomic E-state index is 12.4. The molecule has 1 amide bonds. The lowest BCUT2D eigenvalue weighted by Gasteiger charge is -2.11. The Balaban J connectivity index is 1.74. The molecule has 1 aromatic carbocycles. The van der Waals surface area contributed by atoms with Gasteiger partial charge in [0.1, 0.15) is 0 Å². The summed E-state index contributed by atoms with van der Waals surface area (Å²) in [5.74, 6) is -0.0365. The van der Waals surface area contributed by atoms with E-state index in [9.17, 15) is 4.79 Å². The highest BCUT2D eigenvalue weighted by Gasteiger charge is 2.18. The molecule has 1 N–H and O–H groups in total. The molecule has 1 atom stereocenters. The lowest BCUT2D eigenvalue weighted by Crippen LogP contribution is -2.31. The van der Waals surface area contributed by atoms with Crippen LogP contribution in [0.2, 0.25) is 0 Å². The lowest BCUT2D eigenvalue weighted by molar-refractivity contribution is 0.0859. The molecule has 0 saturated carbocycles. The molecule has 3 rings (SSSR count). The summed E-state index contributed by atoms with van der Waals surface area (Å²) in [7, 11) is 1.69. The van der Waals surface area contributed by atoms with Gasteiger partial charge in [-0.05, 0) is 31.0 Å². The van der Waals surface area contributed by atoms with Gasteiger partial charge in [-0.2, -0.15) is 0 Å². The van der Waals surface area contributed by atoms with Gasteiger partial charge in [-0.25, -0.2) is 0 Å². The lowest BCUT2D eigenvalue weighted by atomic mass is 10.1. The normalized spacial score (nSPS) is 18.0. The Bertz CT molecular complexity index is 644. The van der Waals surface area contributed by atoms with Crippen LogP contribution in [0.15, 0.2) is 30.5 Å². The summed E-state index contributed by atoms with van der Waals surface area (Å²) in [5.41, 5.74) is 1.77. The zero-order valence-corrected chi connectivity index (χ0v) is 12.9. The molecular formula is C17H22N2O3. The Morgan fingerprint density at radius 1 is 1.45 bits per heavy atom. The molecule has 0 aliphatic carbocycles. The van der Waals surface area contributed by atoms with Gasteiger partial charge in [0.05, 0.1) is 12.7 Å². The minimum Gasteiger partial charge on any atom is -0.383 e. The summed E-state index contributed by atoms with van der Waals surface area (Å²) in [4.78, 5) is 12.4. The predicted octanol–water partition coefficient (Wildman–Crippen LogP) is 2.20. The van der Waals surface area contributed by atoms with E-state index < -0.39 is 0 Å². The molecule has 0 radical (unpaired) electrons. The molecule has 2 heterocycles. The van der Waals surface area contributed by atoms with Crippen molar-refractivity contribution in [1.82, 2.24) is 9.88 Å². The average Bonchev–Trinajstić information content (AvgIpc) is 3.19. The first-order valence-electron chi connectivity index (χ1n) is 7.76. The third-order valence-electron chi connectivity index (χ3n) is 4.11. The van der Waals surface area contributed by atoms with Crippen molar-refractivity contribution in [2.24, 2.45) is 0 Å². The quantitative estimate of drug-likeness (QED) is 0.890. The van der Waals surface area contributed by atoms with Crippen molar-refractivity contribution in [3.05, 3.63) is 36.0 Å². The number of benzene rings is 1. The minimum atomic E-state index is -0.0365. The second-order valence-electron chi connectivity index (χ2n) is 5.59. The largest absolute Gasteiger partial charge is 0.383 e. The van der Waals surface area contributed by atoms with Crippen molar-refractivity contribution >= 4 is 16.8 Å². The predicted molar refractivity (Wildman–Crippen MR) is 85.1 cm³/mol. The molecule has 1 aromatic heterocycles. The second kappa shape index (κ2) is 6.94. The van der Waals surface area contributed by atoms with Crippen LogP contribution in [-0.2, 0) is 16.0 Å². The number of nitrogens with one attached hydrogen (secondary N) is 1. The fraction of sp³-hybridized carbons (Fsp3) is 0.471. The van der Waals surface area contributed by atoms with Crippen LogP contribution in [0.4, 0.5) is 0 Å². The molecular weight excluding hydrogens is 280 g/mol. The smallest absolute Gasteiger partial charge is 0.252 e. The maximum Gasteiger partial charge on any atom is 0.252 e. The van der Waals surface area contributed by atoms with Gasteiger partial charge in [0.2, 0.25) is 0 Å². The summed E-state index contributed by atoms with van der Waals surface area (Å²) in [5, 5.41) is 3.96. The van der Waals surface area contributed by atoms with Crippen LogP contribution >= 0.6 is 0 Å². The van der Waals surface area contributed by atoms with Crippen LogP contribution in [0.3, 0.4) is 0 Å². The number of nitrogens with zero attached hydrogens (tertiary/aromatic N) is 1. The Kier molecular flexibility index (Phi) is 4.75. The van der Waals surface area contributed by atoms with E-state index in [1.807, 2.05) is 30.5 Å². The Labute approximate surface area is 130 Å². The van der Waals surface area contributed by atoms with E-state index in [4.69, 9.17) is 9.47 Å². The topological polar surface area (TPSA) is 52.5 Å². The van der Waals surface area contributed by atoms with Crippen molar-refractivity contribution in [1.29, 1.82) is 0 Å². The fourth-order valence-electron chi connectivity index (χ4n) is 2.91. The van der Waals surface area contributed by atoms with Gasteiger partial charge in [0.25, 0.3) is 5.91 Å². The van der Waals surface area contributed by atoms with Gasteiger partial charge >= 0.3 is 0 Å². The number of aromatic nitrogens is 1. The van der Waals surface area contributed by atoms with Crippen LogP contribution in [-0.4, -0.2) is 43.4 Å². The number of ether oxygens (including phenoxy) is 2. The van der Waals surface area contributed by atoms with E-state index in [0.717, 1.165) is 36.9 Å². The van der Waals surface area contributed by atoms with Gasteiger partial charge in [0, 0.05) is 49.5 Å². The van der Waals surface area contributed by atoms with E-state index in [-0.39, 0.29) is 12.0 Å². The third kappa shape index (κ3) is 3.15. The molecule has 1 aliphatic heterocycles. The van der Waals surface area contributed by atoms with E-state index in [1.165, 1.54) is 0 Å². The van der Waals surface area contributed by atoms with Crippen LogP contribution in [0.5, 0.6) is 0 Å². The SMILES string of the molecule is COCCn1ccc2c(C(=O)NC[C@@H]3CCCO3)cccc21. The molecule has 0 bridgehead atoms. The molecule has 1 aliphatic rings. The first-order chi connectivity index (χ1) is 10.8. The number of hydrogen-bond donors (Lipinski definition) is 1. The Morgan fingerprint density at radius 2 is 2.36 bits per heavy atom. The molecule has 22 heavy (non-hydrogen) atoms. The monoisotopic (exact) mass is 302 g/mol. The van der Waals surface area contributed by atoms with Crippen molar-refractivity contribution in [3.63, 3.8) is 0 Å². The number of hydrogen-bond acceptors (Lipinski definition) is 3. The van der Waals surface area contributed by atoms with Crippen molar-refractivity contribution < 1.29 is 14.3 Å². The summed E-state index contributed by atoms with van der Waals surface area (Å²) in [6.07, 6.45) is 4.27. The number of carbonyl (C=O) groups excluding carboxylic acids is 1. The van der Waals surface area contributed by atoms with E-state index in [0.29, 0.717) is 18.7 Å². The van der Waals surface area contributed by atoms with Crippen LogP contribution in [0.25, 0.3) is 10.9 Å². The molecule has 1 fully saturated rings. The highest BCUT2D eigenvalue weighted by atomic mass is 16.5. The number of fused-ring (bicyclic) bond motifs is 1. The summed E-state index contributed by atoms with van der Waals surface area (Å²) >= 11 is 0. The molecule has 1 saturated heterocycles. The zero-order valence-electron chi connectivity index (χ0n) is 12.9. The van der Waals surface area contributed by atoms with Crippen molar-refractivity contribution in [3.8, 4) is 0 Å². The molecule has 2 aromatic rings. The number of rotatable bonds is 6. The van der Waals surface area contributed by atoms with Crippen LogP contribution < -0.4 is 5.32 Å². The number of amides is 1. The van der Waals surface area contributed by atoms with Gasteiger partial charge in [0.15, 0.2) is 0 Å². The maximum absolute atomic E-state index is 12.4. The average molecular weight is 302 g/mol. The highest BCUT2D eigenvalue weighted by Crippen LogP contribution is 2.20. The second-order valence-corrected chi connectivity index (χ2v) is 5.59. The van der Waals surface area contributed by atoms with E-state index >= 15 is 0 Å². The van der Waals surface area contributed by atoms with Crippen molar-refractivity contribution in [2.45, 2.75) is 25.5 Å². The Hall–Kier alpha value is -1.85. The fourth-order valence-corrected chi connectivity index (χ4v) is 2.91. The number of methoxy groups -OCH3 is 1. The first kappa shape index (κ1) is 15.1. The molecule has 5 nitrogen and oxygen atoms in total. The minimum absolute atomic E-state index is 0.0365. The Morgan fingerprint density at radius 3 is 3.14 bits per heavy atom. The number of carbonyl (C=O) groups is 1. The molecule has 5 heteroatoms. The van der Waals surface area contributed by atoms with Crippen LogP contribution in [0.1, 0.15) is 23.2 Å². The summed E-state index contributed by atoms with van der Waals surface area (Å²) < 4.78 is 12.8. The summed E-state index contributed by atoms with van der Waals surface area (Å²) in [6.45, 7) is 2.82. The molecule has 0 unspecified atom stereocenters. The summed E-state index contributed by atoms with van der Waals surface area (Å²) in [6, 6.07) is 7.81. The first-order valence-corrected chi connectivity index (χ1v) is 7.76. The van der Waals surface area contributed by atoms with Gasteiger partial charge in [-0.1, -0.05) is 6.07 Å².